The second-order valence-corrected chi connectivity index (χ2v) is 13.5. The normalized spacial score (nSPS) is 16.2. The number of nitriles is 1. The Morgan fingerprint density at radius 2 is 1.87 bits per heavy atom. The SMILES string of the molecule is CC/C=C(/C=C\N/C(C)=N\[N+](C)(O)S)COc1ccc(C(C)(C)c2cc(F)c(C)c(C#N)c2)cc1.CCCCC1(CC)CCC1. The fraction of sp³-hybridized carbons (Fsp3) is 0.514. The van der Waals surface area contributed by atoms with Gasteiger partial charge in [-0.25, -0.2) is 4.39 Å². The molecule has 1 aliphatic rings. The van der Waals surface area contributed by atoms with E-state index in [1.807, 2.05) is 51.1 Å². The standard InChI is InChI=1S/C27H34FN4O2S.C10H20/c1-7-8-21(13-14-30-20(3)31-32(6,33)35)18-34-25-11-9-23(10-12-25)27(4,5)24-15-22(17-29)19(2)26(28)16-24;1-3-5-7-10(4-2)8-6-9-10/h8-16,33,35H,7,18H2,1-6H3,(H,30,31);3-9H2,1-2H3/q+1;/b14-13-,21-8-;. The molecule has 6 nitrogen and oxygen atoms in total. The molecular weight excluding hydrogens is 583 g/mol. The van der Waals surface area contributed by atoms with Crippen LogP contribution >= 0.6 is 12.8 Å². The first-order valence-electron chi connectivity index (χ1n) is 16.1. The summed E-state index contributed by atoms with van der Waals surface area (Å²) in [5, 5.41) is 25.8. The van der Waals surface area contributed by atoms with Gasteiger partial charge < -0.3 is 10.1 Å². The van der Waals surface area contributed by atoms with E-state index in [0.29, 0.717) is 29.3 Å². The highest BCUT2D eigenvalue weighted by atomic mass is 32.1. The van der Waals surface area contributed by atoms with Crippen LogP contribution in [-0.2, 0) is 5.41 Å². The summed E-state index contributed by atoms with van der Waals surface area (Å²) in [6, 6.07) is 13.0. The molecule has 0 amide bonds. The molecule has 0 bridgehead atoms. The first-order valence-corrected chi connectivity index (χ1v) is 16.5. The number of ether oxygens (including phenoxy) is 1. The molecule has 1 unspecified atom stereocenters. The van der Waals surface area contributed by atoms with Crippen LogP contribution in [0.4, 0.5) is 4.39 Å². The Bertz CT molecular complexity index is 1360. The van der Waals surface area contributed by atoms with Crippen LogP contribution in [0.15, 0.2) is 65.4 Å². The van der Waals surface area contributed by atoms with Gasteiger partial charge in [-0.05, 0) is 101 Å². The lowest BCUT2D eigenvalue weighted by Gasteiger charge is -2.41. The lowest BCUT2D eigenvalue weighted by atomic mass is 9.64. The monoisotopic (exact) mass is 637 g/mol. The van der Waals surface area contributed by atoms with Gasteiger partial charge in [0.25, 0.3) is 0 Å². The summed E-state index contributed by atoms with van der Waals surface area (Å²) in [6.45, 7) is 14.4. The topological polar surface area (TPSA) is 77.6 Å². The van der Waals surface area contributed by atoms with Crippen molar-refractivity contribution < 1.29 is 18.5 Å². The van der Waals surface area contributed by atoms with Crippen molar-refractivity contribution in [3.05, 3.63) is 88.4 Å². The van der Waals surface area contributed by atoms with Gasteiger partial charge in [-0.1, -0.05) is 78.5 Å². The van der Waals surface area contributed by atoms with Crippen molar-refractivity contribution >= 4 is 18.7 Å². The highest BCUT2D eigenvalue weighted by Gasteiger charge is 2.33. The highest BCUT2D eigenvalue weighted by Crippen LogP contribution is 2.47. The summed E-state index contributed by atoms with van der Waals surface area (Å²) in [5.41, 5.74) is 3.75. The molecule has 0 aromatic heterocycles. The number of benzene rings is 2. The molecule has 0 heterocycles. The molecule has 1 saturated carbocycles. The van der Waals surface area contributed by atoms with E-state index in [4.69, 9.17) is 4.74 Å². The van der Waals surface area contributed by atoms with Crippen molar-refractivity contribution in [1.29, 1.82) is 5.26 Å². The minimum Gasteiger partial charge on any atom is -0.489 e. The molecule has 2 N–H and O–H groups in total. The largest absolute Gasteiger partial charge is 0.489 e. The van der Waals surface area contributed by atoms with Gasteiger partial charge in [0.1, 0.15) is 38.0 Å². The van der Waals surface area contributed by atoms with E-state index in [-0.39, 0.29) is 5.82 Å². The molecule has 45 heavy (non-hydrogen) atoms. The summed E-state index contributed by atoms with van der Waals surface area (Å²) in [5.74, 6) is 0.842. The molecule has 0 aliphatic heterocycles. The van der Waals surface area contributed by atoms with Gasteiger partial charge in [-0.15, -0.1) is 0 Å². The minimum atomic E-state index is -0.807. The van der Waals surface area contributed by atoms with Crippen LogP contribution in [0, 0.1) is 29.5 Å². The predicted octanol–water partition coefficient (Wildman–Crippen LogP) is 9.92. The van der Waals surface area contributed by atoms with E-state index in [1.54, 1.807) is 26.1 Å². The second kappa shape index (κ2) is 17.5. The van der Waals surface area contributed by atoms with Gasteiger partial charge in [0.15, 0.2) is 5.84 Å². The van der Waals surface area contributed by atoms with E-state index in [1.165, 1.54) is 58.1 Å². The number of hydrogen-bond donors (Lipinski definition) is 3. The Morgan fingerprint density at radius 3 is 2.38 bits per heavy atom. The van der Waals surface area contributed by atoms with E-state index in [0.717, 1.165) is 28.5 Å². The number of nitrogens with one attached hydrogen (secondary N) is 1. The van der Waals surface area contributed by atoms with Crippen molar-refractivity contribution in [3.8, 4) is 11.8 Å². The van der Waals surface area contributed by atoms with Crippen LogP contribution < -0.4 is 10.1 Å². The third-order valence-electron chi connectivity index (χ3n) is 8.79. The molecule has 0 radical (unpaired) electrons. The van der Waals surface area contributed by atoms with Crippen molar-refractivity contribution in [3.63, 3.8) is 0 Å². The summed E-state index contributed by atoms with van der Waals surface area (Å²) in [6.07, 6.45) is 16.8. The van der Waals surface area contributed by atoms with Crippen LogP contribution in [0.25, 0.3) is 0 Å². The Balaban J connectivity index is 0.000000596. The molecular formula is C37H54FN4O2S+. The number of quaternary nitrogens is 1. The summed E-state index contributed by atoms with van der Waals surface area (Å²) >= 11 is 3.91. The second-order valence-electron chi connectivity index (χ2n) is 12.7. The van der Waals surface area contributed by atoms with Crippen LogP contribution in [0.3, 0.4) is 0 Å². The number of unbranched alkanes of at least 4 members (excludes halogenated alkanes) is 1. The third-order valence-corrected chi connectivity index (χ3v) is 8.88. The average molecular weight is 638 g/mol. The van der Waals surface area contributed by atoms with Crippen molar-refractivity contribution in [2.24, 2.45) is 10.5 Å². The molecule has 1 atom stereocenters. The molecule has 1 fully saturated rings. The fourth-order valence-corrected chi connectivity index (χ4v) is 5.62. The molecule has 1 aliphatic carbocycles. The van der Waals surface area contributed by atoms with Gasteiger partial charge in [-0.2, -0.15) is 10.5 Å². The maximum atomic E-state index is 14.4. The third kappa shape index (κ3) is 12.0. The maximum Gasteiger partial charge on any atom is 0.164 e. The maximum absolute atomic E-state index is 14.4. The number of rotatable bonds is 13. The van der Waals surface area contributed by atoms with E-state index in [2.05, 4.69) is 49.2 Å². The number of amidine groups is 1. The number of nitrogens with zero attached hydrogens (tertiary/aromatic N) is 3. The van der Waals surface area contributed by atoms with Gasteiger partial charge >= 0.3 is 0 Å². The smallest absolute Gasteiger partial charge is 0.164 e. The number of allylic oxidation sites excluding steroid dienone is 1. The lowest BCUT2D eigenvalue weighted by molar-refractivity contribution is -0.979. The summed E-state index contributed by atoms with van der Waals surface area (Å²) in [7, 11) is 1.42. The van der Waals surface area contributed by atoms with Gasteiger partial charge in [0, 0.05) is 17.2 Å². The zero-order valence-corrected chi connectivity index (χ0v) is 29.5. The van der Waals surface area contributed by atoms with E-state index >= 15 is 0 Å². The average Bonchev–Trinajstić information content (AvgIpc) is 2.96. The first kappa shape index (κ1) is 38.1. The van der Waals surface area contributed by atoms with Gasteiger partial charge in [-0.3, -0.25) is 0 Å². The van der Waals surface area contributed by atoms with Gasteiger partial charge in [0.2, 0.25) is 0 Å². The van der Waals surface area contributed by atoms with E-state index < -0.39 is 9.58 Å². The number of hydrogen-bond acceptors (Lipinski definition) is 5. The lowest BCUT2D eigenvalue weighted by Crippen LogP contribution is -2.28. The minimum absolute atomic E-state index is 0.349. The quantitative estimate of drug-likeness (QED) is 0.0510. The molecule has 0 saturated heterocycles. The Morgan fingerprint density at radius 1 is 1.20 bits per heavy atom. The summed E-state index contributed by atoms with van der Waals surface area (Å²) in [4.78, 5) is 0. The molecule has 2 aromatic carbocycles. The van der Waals surface area contributed by atoms with Crippen molar-refractivity contribution in [2.75, 3.05) is 13.7 Å². The fourth-order valence-electron chi connectivity index (χ4n) is 5.49. The van der Waals surface area contributed by atoms with Crippen molar-refractivity contribution in [1.82, 2.24) is 5.32 Å². The Labute approximate surface area is 276 Å². The molecule has 2 aromatic rings. The molecule has 3 rings (SSSR count). The number of hydroxylamine groups is 1. The van der Waals surface area contributed by atoms with Crippen molar-refractivity contribution in [2.45, 2.75) is 105 Å². The zero-order chi connectivity index (χ0) is 33.7. The number of thiol groups is 1. The number of halogens is 1. The van der Waals surface area contributed by atoms with E-state index in [9.17, 15) is 14.9 Å². The molecule has 8 heteroatoms. The first-order chi connectivity index (χ1) is 21.2. The van der Waals surface area contributed by atoms with Crippen LogP contribution in [0.2, 0.25) is 0 Å². The molecule has 246 valence electrons. The Hall–Kier alpha value is -3.12. The molecule has 0 spiro atoms. The van der Waals surface area contributed by atoms with Crippen LogP contribution in [0.5, 0.6) is 5.75 Å². The zero-order valence-electron chi connectivity index (χ0n) is 28.6. The predicted molar refractivity (Wildman–Crippen MR) is 187 cm³/mol. The van der Waals surface area contributed by atoms with Gasteiger partial charge in [0.05, 0.1) is 11.6 Å². The highest BCUT2D eigenvalue weighted by molar-refractivity contribution is 7.74. The Kier molecular flexibility index (Phi) is 14.8. The van der Waals surface area contributed by atoms with Crippen LogP contribution in [0.1, 0.15) is 115 Å². The summed E-state index contributed by atoms with van der Waals surface area (Å²) < 4.78 is 19.5. The van der Waals surface area contributed by atoms with Crippen LogP contribution in [-0.4, -0.2) is 28.9 Å².